The number of carbonyl (C=O) groups excluding carboxylic acids is 2. The second-order valence-electron chi connectivity index (χ2n) is 8.95. The van der Waals surface area contributed by atoms with Gasteiger partial charge in [0.15, 0.2) is 0 Å². The summed E-state index contributed by atoms with van der Waals surface area (Å²) in [5, 5.41) is 11.8. The molecule has 2 N–H and O–H groups in total. The van der Waals surface area contributed by atoms with Crippen LogP contribution in [0.4, 0.5) is 4.79 Å². The summed E-state index contributed by atoms with van der Waals surface area (Å²) < 4.78 is 11.0. The number of alkyl carbamates (subject to hydrolysis) is 1. The normalized spacial score (nSPS) is 16.9. The number of ether oxygens (including phenoxy) is 2. The van der Waals surface area contributed by atoms with Crippen LogP contribution in [0.15, 0.2) is 48.5 Å². The van der Waals surface area contributed by atoms with Crippen molar-refractivity contribution in [2.75, 3.05) is 32.9 Å². The van der Waals surface area contributed by atoms with Crippen LogP contribution in [0.3, 0.4) is 0 Å². The quantitative estimate of drug-likeness (QED) is 0.502. The van der Waals surface area contributed by atoms with E-state index >= 15 is 0 Å². The van der Waals surface area contributed by atoms with E-state index < -0.39 is 12.1 Å². The van der Waals surface area contributed by atoms with Crippen molar-refractivity contribution in [3.8, 4) is 11.1 Å². The summed E-state index contributed by atoms with van der Waals surface area (Å²) >= 11 is 0. The lowest BCUT2D eigenvalue weighted by molar-refractivity contribution is -0.142. The lowest BCUT2D eigenvalue weighted by Gasteiger charge is -2.35. The first-order chi connectivity index (χ1) is 17.0. The van der Waals surface area contributed by atoms with Gasteiger partial charge in [0, 0.05) is 25.0 Å². The lowest BCUT2D eigenvalue weighted by atomic mass is 9.98. The van der Waals surface area contributed by atoms with Crippen molar-refractivity contribution in [1.82, 2.24) is 10.2 Å². The number of hydrogen-bond acceptors (Lipinski definition) is 5. The molecule has 2 aromatic carbocycles. The molecule has 1 atom stereocenters. The molecule has 1 fully saturated rings. The Morgan fingerprint density at radius 1 is 0.971 bits per heavy atom. The third-order valence-electron chi connectivity index (χ3n) is 6.68. The van der Waals surface area contributed by atoms with Crippen molar-refractivity contribution < 1.29 is 29.0 Å². The van der Waals surface area contributed by atoms with E-state index in [0.29, 0.717) is 6.54 Å². The van der Waals surface area contributed by atoms with Gasteiger partial charge in [-0.05, 0) is 41.5 Å². The van der Waals surface area contributed by atoms with Gasteiger partial charge < -0.3 is 24.8 Å². The minimum Gasteiger partial charge on any atom is -0.481 e. The van der Waals surface area contributed by atoms with Crippen molar-refractivity contribution in [2.24, 2.45) is 0 Å². The summed E-state index contributed by atoms with van der Waals surface area (Å²) in [6.07, 6.45) is 2.24. The number of hydrogen-bond donors (Lipinski definition) is 2. The van der Waals surface area contributed by atoms with E-state index in [-0.39, 0.29) is 57.1 Å². The largest absolute Gasteiger partial charge is 0.481 e. The summed E-state index contributed by atoms with van der Waals surface area (Å²) in [5.74, 6) is -0.958. The molecule has 2 amide bonds. The Kier molecular flexibility index (Phi) is 8.36. The number of likely N-dealkylation sites (tertiary alicyclic amines) is 1. The van der Waals surface area contributed by atoms with Crippen LogP contribution in [0.5, 0.6) is 0 Å². The molecule has 2 aromatic rings. The van der Waals surface area contributed by atoms with E-state index in [0.717, 1.165) is 30.4 Å². The van der Waals surface area contributed by atoms with Gasteiger partial charge in [0.1, 0.15) is 6.61 Å². The predicted octanol–water partition coefficient (Wildman–Crippen LogP) is 3.79. The first kappa shape index (κ1) is 24.7. The number of benzene rings is 2. The highest BCUT2D eigenvalue weighted by Crippen LogP contribution is 2.44. The third-order valence-corrected chi connectivity index (χ3v) is 6.68. The highest BCUT2D eigenvalue weighted by atomic mass is 16.5. The molecule has 0 unspecified atom stereocenters. The number of carboxylic acid groups (broad SMARTS) is 1. The van der Waals surface area contributed by atoms with Gasteiger partial charge in [0.25, 0.3) is 0 Å². The van der Waals surface area contributed by atoms with Crippen LogP contribution in [0.25, 0.3) is 11.1 Å². The van der Waals surface area contributed by atoms with E-state index in [9.17, 15) is 14.4 Å². The third kappa shape index (κ3) is 6.19. The zero-order valence-corrected chi connectivity index (χ0v) is 19.8. The molecule has 0 spiro atoms. The molecule has 1 aliphatic carbocycles. The minimum atomic E-state index is -0.884. The second kappa shape index (κ2) is 11.8. The van der Waals surface area contributed by atoms with Crippen molar-refractivity contribution >= 4 is 18.0 Å². The van der Waals surface area contributed by atoms with Crippen LogP contribution in [-0.4, -0.2) is 66.9 Å². The molecule has 186 valence electrons. The molecular formula is C27H32N2O6. The number of amides is 2. The smallest absolute Gasteiger partial charge is 0.407 e. The fourth-order valence-electron chi connectivity index (χ4n) is 5.02. The standard InChI is InChI=1S/C27H32N2O6/c30-25(29-14-6-5-7-19(29)17-26(31)32)12-15-34-16-13-28-27(33)35-18-24-22-10-3-1-8-20(22)21-9-2-4-11-23(21)24/h1-4,8-11,19,24H,5-7,12-18H2,(H,28,33)(H,31,32)/t19-/m1/s1. The number of nitrogens with one attached hydrogen (secondary N) is 1. The topological polar surface area (TPSA) is 105 Å². The number of piperidine rings is 1. The predicted molar refractivity (Wildman–Crippen MR) is 130 cm³/mol. The summed E-state index contributed by atoms with van der Waals surface area (Å²) in [4.78, 5) is 37.4. The van der Waals surface area contributed by atoms with Crippen LogP contribution in [0.2, 0.25) is 0 Å². The number of carbonyl (C=O) groups is 3. The summed E-state index contributed by atoms with van der Waals surface area (Å²) in [6.45, 7) is 1.61. The maximum Gasteiger partial charge on any atom is 0.407 e. The van der Waals surface area contributed by atoms with E-state index in [2.05, 4.69) is 29.6 Å². The molecule has 1 aliphatic heterocycles. The fourth-order valence-corrected chi connectivity index (χ4v) is 5.02. The molecule has 0 saturated carbocycles. The second-order valence-corrected chi connectivity index (χ2v) is 8.95. The van der Waals surface area contributed by atoms with Gasteiger partial charge >= 0.3 is 12.1 Å². The molecule has 0 bridgehead atoms. The SMILES string of the molecule is O=C(O)C[C@H]1CCCCN1C(=O)CCOCCNC(=O)OCC1c2ccccc2-c2ccccc21. The van der Waals surface area contributed by atoms with Crippen LogP contribution in [0, 0.1) is 0 Å². The number of nitrogens with zero attached hydrogens (tertiary/aromatic N) is 1. The molecule has 8 heteroatoms. The molecular weight excluding hydrogens is 448 g/mol. The Balaban J connectivity index is 1.14. The molecule has 1 heterocycles. The van der Waals surface area contributed by atoms with E-state index in [1.807, 2.05) is 24.3 Å². The summed E-state index contributed by atoms with van der Waals surface area (Å²) in [7, 11) is 0. The number of rotatable bonds is 10. The minimum absolute atomic E-state index is 0.00940. The van der Waals surface area contributed by atoms with Crippen LogP contribution in [0.1, 0.15) is 49.1 Å². The molecule has 4 rings (SSSR count). The first-order valence-corrected chi connectivity index (χ1v) is 12.2. The fraction of sp³-hybridized carbons (Fsp3) is 0.444. The van der Waals surface area contributed by atoms with Gasteiger partial charge in [-0.1, -0.05) is 48.5 Å². The van der Waals surface area contributed by atoms with E-state index in [1.165, 1.54) is 11.1 Å². The van der Waals surface area contributed by atoms with Gasteiger partial charge in [-0.3, -0.25) is 9.59 Å². The number of carboxylic acids is 1. The van der Waals surface area contributed by atoms with Crippen LogP contribution in [-0.2, 0) is 19.1 Å². The Bertz CT molecular complexity index is 1010. The highest BCUT2D eigenvalue weighted by molar-refractivity contribution is 5.79. The van der Waals surface area contributed by atoms with E-state index in [4.69, 9.17) is 14.6 Å². The first-order valence-electron chi connectivity index (χ1n) is 12.2. The van der Waals surface area contributed by atoms with Crippen molar-refractivity contribution in [3.63, 3.8) is 0 Å². The van der Waals surface area contributed by atoms with Gasteiger partial charge in [0.05, 0.1) is 26.1 Å². The molecule has 2 aliphatic rings. The van der Waals surface area contributed by atoms with E-state index in [1.54, 1.807) is 4.90 Å². The monoisotopic (exact) mass is 480 g/mol. The Morgan fingerprint density at radius 2 is 1.66 bits per heavy atom. The maximum absolute atomic E-state index is 12.5. The molecule has 0 aromatic heterocycles. The highest BCUT2D eigenvalue weighted by Gasteiger charge is 2.29. The van der Waals surface area contributed by atoms with Gasteiger partial charge in [-0.25, -0.2) is 4.79 Å². The van der Waals surface area contributed by atoms with Gasteiger partial charge in [-0.2, -0.15) is 0 Å². The molecule has 35 heavy (non-hydrogen) atoms. The van der Waals surface area contributed by atoms with Crippen LogP contribution < -0.4 is 5.32 Å². The summed E-state index contributed by atoms with van der Waals surface area (Å²) in [6, 6.07) is 16.1. The molecule has 1 saturated heterocycles. The molecule has 0 radical (unpaired) electrons. The number of fused-ring (bicyclic) bond motifs is 3. The van der Waals surface area contributed by atoms with Crippen molar-refractivity contribution in [1.29, 1.82) is 0 Å². The van der Waals surface area contributed by atoms with Crippen LogP contribution >= 0.6 is 0 Å². The Morgan fingerprint density at radius 3 is 2.34 bits per heavy atom. The average molecular weight is 481 g/mol. The van der Waals surface area contributed by atoms with Crippen molar-refractivity contribution in [3.05, 3.63) is 59.7 Å². The Labute approximate surface area is 205 Å². The average Bonchev–Trinajstić information content (AvgIpc) is 3.18. The zero-order valence-electron chi connectivity index (χ0n) is 19.8. The summed E-state index contributed by atoms with van der Waals surface area (Å²) in [5.41, 5.74) is 4.68. The zero-order chi connectivity index (χ0) is 24.6. The van der Waals surface area contributed by atoms with Crippen molar-refractivity contribution in [2.45, 2.75) is 44.1 Å². The Hall–Kier alpha value is -3.39. The number of aliphatic carboxylic acids is 1. The van der Waals surface area contributed by atoms with Gasteiger partial charge in [-0.15, -0.1) is 0 Å². The molecule has 8 nitrogen and oxygen atoms in total. The lowest BCUT2D eigenvalue weighted by Crippen LogP contribution is -2.45. The van der Waals surface area contributed by atoms with Gasteiger partial charge in [0.2, 0.25) is 5.91 Å². The maximum atomic E-state index is 12.5.